The van der Waals surface area contributed by atoms with Gasteiger partial charge in [-0.05, 0) is 56.1 Å². The van der Waals surface area contributed by atoms with Gasteiger partial charge in [-0.1, -0.05) is 18.6 Å². The number of nitrogens with zero attached hydrogens (tertiary/aromatic N) is 3. The molecule has 5 atom stereocenters. The Morgan fingerprint density at radius 1 is 1.17 bits per heavy atom. The lowest BCUT2D eigenvalue weighted by Crippen LogP contribution is -2.43. The van der Waals surface area contributed by atoms with Crippen LogP contribution in [-0.4, -0.2) is 68.2 Å². The minimum absolute atomic E-state index is 0.0602. The van der Waals surface area contributed by atoms with Gasteiger partial charge in [0, 0.05) is 66.9 Å². The first-order valence-electron chi connectivity index (χ1n) is 14.0. The number of nitro groups is 1. The highest BCUT2D eigenvalue weighted by molar-refractivity contribution is 8.04. The summed E-state index contributed by atoms with van der Waals surface area (Å²) in [6, 6.07) is 0.663. The summed E-state index contributed by atoms with van der Waals surface area (Å²) in [5.74, 6) is -0.122. The Hall–Kier alpha value is -2.09. The Bertz CT molecular complexity index is 987. The van der Waals surface area contributed by atoms with Crippen molar-refractivity contribution in [3.05, 3.63) is 44.5 Å². The Labute approximate surface area is 218 Å². The van der Waals surface area contributed by atoms with E-state index >= 15 is 0 Å². The lowest BCUT2D eigenvalue weighted by Gasteiger charge is -2.35. The fourth-order valence-corrected chi connectivity index (χ4v) is 8.76. The number of thioether (sulfide) groups is 1. The monoisotopic (exact) mass is 514 g/mol. The second-order valence-electron chi connectivity index (χ2n) is 11.2. The number of unbranched alkanes of at least 4 members (excludes halogenated alkanes) is 2. The van der Waals surface area contributed by atoms with Gasteiger partial charge in [0.15, 0.2) is 12.3 Å². The van der Waals surface area contributed by atoms with Crippen LogP contribution in [0.5, 0.6) is 0 Å². The third kappa shape index (κ3) is 5.58. The van der Waals surface area contributed by atoms with E-state index in [2.05, 4.69) is 33.9 Å². The highest BCUT2D eigenvalue weighted by Crippen LogP contribution is 2.49. The Balaban J connectivity index is 1.28. The fraction of sp³-hybridized carbons (Fsp3) is 0.714. The Morgan fingerprint density at radius 2 is 2.03 bits per heavy atom. The molecule has 5 unspecified atom stereocenters. The first-order chi connectivity index (χ1) is 17.5. The van der Waals surface area contributed by atoms with E-state index < -0.39 is 5.97 Å². The molecule has 5 rings (SSSR count). The molecular weight excluding hydrogens is 474 g/mol. The van der Waals surface area contributed by atoms with Crippen LogP contribution < -0.4 is 0 Å². The average Bonchev–Trinajstić information content (AvgIpc) is 3.26. The second-order valence-corrected chi connectivity index (χ2v) is 12.4. The lowest BCUT2D eigenvalue weighted by atomic mass is 9.77. The van der Waals surface area contributed by atoms with Crippen LogP contribution in [0.25, 0.3) is 0 Å². The number of carboxylic acid groups (broad SMARTS) is 1. The number of hydrogen-bond donors (Lipinski definition) is 1. The van der Waals surface area contributed by atoms with Crippen molar-refractivity contribution >= 4 is 23.9 Å². The second kappa shape index (κ2) is 11.5. The van der Waals surface area contributed by atoms with Crippen molar-refractivity contribution in [3.63, 3.8) is 0 Å². The number of carbonyl (C=O) groups is 1. The van der Waals surface area contributed by atoms with Gasteiger partial charge in [-0.3, -0.25) is 14.9 Å². The van der Waals surface area contributed by atoms with Crippen LogP contribution in [0.3, 0.4) is 0 Å². The zero-order chi connectivity index (χ0) is 25.1. The summed E-state index contributed by atoms with van der Waals surface area (Å²) in [6.45, 7) is 2.11. The van der Waals surface area contributed by atoms with Crippen LogP contribution >= 0.6 is 11.8 Å². The van der Waals surface area contributed by atoms with Gasteiger partial charge in [-0.25, -0.2) is 4.58 Å². The third-order valence-corrected chi connectivity index (χ3v) is 10.4. The summed E-state index contributed by atoms with van der Waals surface area (Å²) in [4.78, 5) is 24.7. The molecule has 2 saturated carbocycles. The normalized spacial score (nSPS) is 32.0. The van der Waals surface area contributed by atoms with E-state index in [4.69, 9.17) is 5.11 Å². The largest absolute Gasteiger partial charge is 0.481 e. The number of carboxylic acids is 1. The van der Waals surface area contributed by atoms with E-state index in [1.54, 1.807) is 0 Å². The molecule has 8 heteroatoms. The van der Waals surface area contributed by atoms with Crippen molar-refractivity contribution < 1.29 is 19.4 Å². The highest BCUT2D eigenvalue weighted by atomic mass is 32.2. The van der Waals surface area contributed by atoms with E-state index in [1.165, 1.54) is 48.3 Å². The van der Waals surface area contributed by atoms with Crippen molar-refractivity contribution in [2.45, 2.75) is 107 Å². The van der Waals surface area contributed by atoms with Crippen LogP contribution in [-0.2, 0) is 4.79 Å². The first kappa shape index (κ1) is 25.6. The summed E-state index contributed by atoms with van der Waals surface area (Å²) in [6.07, 6.45) is 22.1. The summed E-state index contributed by atoms with van der Waals surface area (Å²) >= 11 is 1.91. The molecule has 0 spiro atoms. The van der Waals surface area contributed by atoms with Gasteiger partial charge in [0.2, 0.25) is 6.04 Å². The maximum atomic E-state index is 11.4. The molecule has 3 fully saturated rings. The zero-order valence-corrected chi connectivity index (χ0v) is 22.0. The number of hydrogen-bond acceptors (Lipinski definition) is 5. The van der Waals surface area contributed by atoms with Crippen LogP contribution in [0.2, 0.25) is 0 Å². The molecular formula is C28H40N3O4S+. The number of aliphatic carboxylic acids is 1. The quantitative estimate of drug-likeness (QED) is 0.192. The minimum Gasteiger partial charge on any atom is -0.481 e. The van der Waals surface area contributed by atoms with Crippen molar-refractivity contribution in [1.29, 1.82) is 0 Å². The molecule has 1 N–H and O–H groups in total. The molecule has 196 valence electrons. The molecule has 0 bridgehead atoms. The van der Waals surface area contributed by atoms with Crippen LogP contribution in [0.1, 0.15) is 83.5 Å². The SMILES string of the molecule is O=C(O)CCCCC[N+]1=CC=C(C=CC2=C3SC4CC([N+](=O)[O-])CCC4N3CCC2)C2CCCCC21. The Kier molecular flexibility index (Phi) is 8.18. The average molecular weight is 515 g/mol. The van der Waals surface area contributed by atoms with E-state index in [0.717, 1.165) is 45.2 Å². The van der Waals surface area contributed by atoms with Gasteiger partial charge in [0.1, 0.15) is 6.54 Å². The molecule has 0 aromatic rings. The van der Waals surface area contributed by atoms with E-state index in [1.807, 2.05) is 11.8 Å². The summed E-state index contributed by atoms with van der Waals surface area (Å²) in [5.41, 5.74) is 2.87. The minimum atomic E-state index is -0.695. The predicted molar refractivity (Wildman–Crippen MR) is 143 cm³/mol. The molecule has 3 aliphatic heterocycles. The van der Waals surface area contributed by atoms with E-state index in [9.17, 15) is 14.9 Å². The predicted octanol–water partition coefficient (Wildman–Crippen LogP) is 5.39. The topological polar surface area (TPSA) is 86.7 Å². The fourth-order valence-electron chi connectivity index (χ4n) is 7.03. The van der Waals surface area contributed by atoms with Crippen LogP contribution in [0.4, 0.5) is 0 Å². The third-order valence-electron chi connectivity index (χ3n) is 8.90. The number of fused-ring (bicyclic) bond motifs is 4. The lowest BCUT2D eigenvalue weighted by molar-refractivity contribution is -0.573. The first-order valence-corrected chi connectivity index (χ1v) is 14.9. The smallest absolute Gasteiger partial charge is 0.303 e. The van der Waals surface area contributed by atoms with Crippen molar-refractivity contribution in [2.24, 2.45) is 5.92 Å². The summed E-state index contributed by atoms with van der Waals surface area (Å²) < 4.78 is 2.52. The molecule has 36 heavy (non-hydrogen) atoms. The van der Waals surface area contributed by atoms with Gasteiger partial charge in [-0.2, -0.15) is 0 Å². The maximum Gasteiger partial charge on any atom is 0.303 e. The molecule has 3 heterocycles. The van der Waals surface area contributed by atoms with Gasteiger partial charge >= 0.3 is 5.97 Å². The number of allylic oxidation sites excluding steroid dienone is 4. The van der Waals surface area contributed by atoms with E-state index in [-0.39, 0.29) is 17.4 Å². The van der Waals surface area contributed by atoms with E-state index in [0.29, 0.717) is 36.1 Å². The summed E-state index contributed by atoms with van der Waals surface area (Å²) in [7, 11) is 0. The molecule has 7 nitrogen and oxygen atoms in total. The van der Waals surface area contributed by atoms with Crippen molar-refractivity contribution in [3.8, 4) is 0 Å². The molecule has 0 aromatic heterocycles. The molecule has 0 aromatic carbocycles. The molecule has 2 aliphatic carbocycles. The maximum absolute atomic E-state index is 11.4. The molecule has 0 amide bonds. The number of rotatable bonds is 9. The Morgan fingerprint density at radius 3 is 2.86 bits per heavy atom. The van der Waals surface area contributed by atoms with Gasteiger partial charge in [0.25, 0.3) is 0 Å². The van der Waals surface area contributed by atoms with Crippen LogP contribution in [0.15, 0.2) is 34.4 Å². The molecule has 5 aliphatic rings. The van der Waals surface area contributed by atoms with Gasteiger partial charge < -0.3 is 10.0 Å². The standard InChI is InChI=1S/C28H39N3O4S/c32-27(33)10-2-1-5-16-29-18-15-20(23-8-3-4-9-24(23)29)11-12-21-7-6-17-30-25-14-13-22(31(34)35)19-26(25)36-28(21)30/h11-12,15,18,22-26H,1-10,13-14,16-17,19H2/p+1. The van der Waals surface area contributed by atoms with Crippen molar-refractivity contribution in [1.82, 2.24) is 4.90 Å². The van der Waals surface area contributed by atoms with Gasteiger partial charge in [-0.15, -0.1) is 11.8 Å². The summed E-state index contributed by atoms with van der Waals surface area (Å²) in [5, 5.41) is 22.0. The molecule has 1 saturated heterocycles. The zero-order valence-electron chi connectivity index (χ0n) is 21.2. The van der Waals surface area contributed by atoms with Crippen molar-refractivity contribution in [2.75, 3.05) is 13.1 Å². The van der Waals surface area contributed by atoms with Gasteiger partial charge in [0.05, 0.1) is 5.03 Å². The molecule has 0 radical (unpaired) electrons. The van der Waals surface area contributed by atoms with Crippen LogP contribution in [0, 0.1) is 16.0 Å². The highest BCUT2D eigenvalue weighted by Gasteiger charge is 2.46.